The van der Waals surface area contributed by atoms with E-state index in [1.165, 1.54) is 0 Å². The van der Waals surface area contributed by atoms with E-state index >= 15 is 0 Å². The molecule has 0 saturated heterocycles. The summed E-state index contributed by atoms with van der Waals surface area (Å²) in [6.45, 7) is 9.17. The van der Waals surface area contributed by atoms with Crippen LogP contribution in [0.3, 0.4) is 0 Å². The predicted molar refractivity (Wildman–Crippen MR) is 79.9 cm³/mol. The molecule has 5 nitrogen and oxygen atoms in total. The number of hydrogen-bond donors (Lipinski definition) is 1. The fourth-order valence-corrected chi connectivity index (χ4v) is 2.91. The first-order chi connectivity index (χ1) is 9.91. The van der Waals surface area contributed by atoms with Crippen LogP contribution in [0.15, 0.2) is 4.52 Å². The summed E-state index contributed by atoms with van der Waals surface area (Å²) in [6.07, 6.45) is 4.70. The van der Waals surface area contributed by atoms with Crippen LogP contribution in [-0.2, 0) is 16.8 Å². The topological polar surface area (TPSA) is 68.4 Å². The van der Waals surface area contributed by atoms with Crippen LogP contribution >= 0.6 is 0 Å². The van der Waals surface area contributed by atoms with Gasteiger partial charge in [0.1, 0.15) is 5.60 Å². The molecule has 1 atom stereocenters. The minimum Gasteiger partial charge on any atom is -0.393 e. The van der Waals surface area contributed by atoms with E-state index in [9.17, 15) is 5.11 Å². The van der Waals surface area contributed by atoms with Crippen molar-refractivity contribution < 1.29 is 14.4 Å². The number of aliphatic hydroxyl groups excluding tert-OH is 1. The molecule has 1 aliphatic rings. The number of aliphatic hydroxyl groups is 1. The van der Waals surface area contributed by atoms with Crippen molar-refractivity contribution in [1.82, 2.24) is 10.1 Å². The van der Waals surface area contributed by atoms with Gasteiger partial charge in [-0.1, -0.05) is 25.9 Å². The Morgan fingerprint density at radius 2 is 1.90 bits per heavy atom. The maximum atomic E-state index is 9.71. The van der Waals surface area contributed by atoms with Crippen LogP contribution in [0.1, 0.15) is 71.5 Å². The Hall–Kier alpha value is -0.940. The van der Waals surface area contributed by atoms with Crippen molar-refractivity contribution in [2.75, 3.05) is 6.61 Å². The lowest BCUT2D eigenvalue weighted by Crippen LogP contribution is -2.38. The molecule has 1 saturated carbocycles. The van der Waals surface area contributed by atoms with E-state index in [-0.39, 0.29) is 0 Å². The van der Waals surface area contributed by atoms with Gasteiger partial charge in [0.15, 0.2) is 0 Å². The summed E-state index contributed by atoms with van der Waals surface area (Å²) in [4.78, 5) is 4.50. The van der Waals surface area contributed by atoms with E-state index in [0.29, 0.717) is 36.6 Å². The lowest BCUT2D eigenvalue weighted by Gasteiger charge is -2.41. The van der Waals surface area contributed by atoms with E-state index in [4.69, 9.17) is 9.26 Å². The molecule has 5 heteroatoms. The first kappa shape index (κ1) is 16.4. The second-order valence-electron chi connectivity index (χ2n) is 6.87. The molecule has 1 aromatic heterocycles. The Bertz CT molecular complexity index is 446. The third-order valence-electron chi connectivity index (χ3n) is 4.59. The summed E-state index contributed by atoms with van der Waals surface area (Å²) < 4.78 is 11.4. The smallest absolute Gasteiger partial charge is 0.229 e. The molecule has 1 fully saturated rings. The SMILES string of the molecule is CCOC1(c2noc(CC(O)CC)n2)CCC(C)(C)CC1. The zero-order chi connectivity index (χ0) is 15.5. The van der Waals surface area contributed by atoms with E-state index in [1.54, 1.807) is 0 Å². The van der Waals surface area contributed by atoms with E-state index in [1.807, 2.05) is 13.8 Å². The monoisotopic (exact) mass is 296 g/mol. The molecule has 1 N–H and O–H groups in total. The highest BCUT2D eigenvalue weighted by atomic mass is 16.5. The highest BCUT2D eigenvalue weighted by Crippen LogP contribution is 2.46. The van der Waals surface area contributed by atoms with Gasteiger partial charge in [-0.25, -0.2) is 0 Å². The van der Waals surface area contributed by atoms with Crippen LogP contribution in [0.25, 0.3) is 0 Å². The second kappa shape index (κ2) is 6.44. The van der Waals surface area contributed by atoms with Crippen molar-refractivity contribution in [3.63, 3.8) is 0 Å². The fraction of sp³-hybridized carbons (Fsp3) is 0.875. The Balaban J connectivity index is 2.15. The summed E-state index contributed by atoms with van der Waals surface area (Å²) in [7, 11) is 0. The van der Waals surface area contributed by atoms with Gasteiger partial charge in [0.05, 0.1) is 12.5 Å². The zero-order valence-corrected chi connectivity index (χ0v) is 13.7. The van der Waals surface area contributed by atoms with Gasteiger partial charge in [-0.05, 0) is 44.4 Å². The zero-order valence-electron chi connectivity index (χ0n) is 13.7. The van der Waals surface area contributed by atoms with Gasteiger partial charge in [0.25, 0.3) is 0 Å². The molecular formula is C16H28N2O3. The van der Waals surface area contributed by atoms with Gasteiger partial charge in [-0.3, -0.25) is 0 Å². The summed E-state index contributed by atoms with van der Waals surface area (Å²) in [5.41, 5.74) is -0.0608. The molecular weight excluding hydrogens is 268 g/mol. The molecule has 0 bridgehead atoms. The number of hydrogen-bond acceptors (Lipinski definition) is 5. The summed E-state index contributed by atoms with van der Waals surface area (Å²) in [5.74, 6) is 1.15. The van der Waals surface area contributed by atoms with Crippen molar-refractivity contribution in [1.29, 1.82) is 0 Å². The van der Waals surface area contributed by atoms with Gasteiger partial charge in [0.2, 0.25) is 11.7 Å². The highest BCUT2D eigenvalue weighted by Gasteiger charge is 2.43. The van der Waals surface area contributed by atoms with Crippen LogP contribution in [-0.4, -0.2) is 28.0 Å². The standard InChI is InChI=1S/C16H28N2O3/c1-5-12(19)11-13-17-14(18-21-13)16(20-6-2)9-7-15(3,4)8-10-16/h12,19H,5-11H2,1-4H3. The molecule has 0 aliphatic heterocycles. The minimum atomic E-state index is -0.424. The lowest BCUT2D eigenvalue weighted by atomic mass is 9.70. The number of aromatic nitrogens is 2. The maximum Gasteiger partial charge on any atom is 0.229 e. The number of ether oxygens (including phenoxy) is 1. The van der Waals surface area contributed by atoms with Crippen molar-refractivity contribution in [3.05, 3.63) is 11.7 Å². The lowest BCUT2D eigenvalue weighted by molar-refractivity contribution is -0.0957. The quantitative estimate of drug-likeness (QED) is 0.873. The molecule has 21 heavy (non-hydrogen) atoms. The van der Waals surface area contributed by atoms with Gasteiger partial charge < -0.3 is 14.4 Å². The van der Waals surface area contributed by atoms with E-state index < -0.39 is 11.7 Å². The van der Waals surface area contributed by atoms with E-state index in [2.05, 4.69) is 24.0 Å². The average molecular weight is 296 g/mol. The molecule has 1 unspecified atom stereocenters. The third kappa shape index (κ3) is 3.83. The average Bonchev–Trinajstić information content (AvgIpc) is 2.90. The Labute approximate surface area is 127 Å². The van der Waals surface area contributed by atoms with E-state index in [0.717, 1.165) is 25.7 Å². The van der Waals surface area contributed by atoms with Crippen LogP contribution in [0.5, 0.6) is 0 Å². The normalized spacial score (nSPS) is 22.1. The first-order valence-electron chi connectivity index (χ1n) is 8.06. The first-order valence-corrected chi connectivity index (χ1v) is 8.06. The van der Waals surface area contributed by atoms with Gasteiger partial charge in [-0.15, -0.1) is 0 Å². The fourth-order valence-electron chi connectivity index (χ4n) is 2.91. The molecule has 0 amide bonds. The Kier molecular flexibility index (Phi) is 5.04. The highest BCUT2D eigenvalue weighted by molar-refractivity contribution is 5.05. The molecule has 0 spiro atoms. The summed E-state index contributed by atoms with van der Waals surface area (Å²) >= 11 is 0. The maximum absolute atomic E-state index is 9.71. The molecule has 1 heterocycles. The van der Waals surface area contributed by atoms with Crippen molar-refractivity contribution >= 4 is 0 Å². The van der Waals surface area contributed by atoms with Gasteiger partial charge in [-0.2, -0.15) is 4.98 Å². The third-order valence-corrected chi connectivity index (χ3v) is 4.59. The number of rotatable bonds is 6. The predicted octanol–water partition coefficient (Wildman–Crippen LogP) is 3.22. The van der Waals surface area contributed by atoms with Crippen LogP contribution < -0.4 is 0 Å². The molecule has 0 aromatic carbocycles. The Morgan fingerprint density at radius 1 is 1.24 bits per heavy atom. The molecule has 2 rings (SSSR count). The van der Waals surface area contributed by atoms with Crippen molar-refractivity contribution in [2.45, 2.75) is 77.9 Å². The molecule has 1 aromatic rings. The summed E-state index contributed by atoms with van der Waals surface area (Å²) in [5, 5.41) is 13.9. The molecule has 120 valence electrons. The van der Waals surface area contributed by atoms with Crippen LogP contribution in [0, 0.1) is 5.41 Å². The Morgan fingerprint density at radius 3 is 2.48 bits per heavy atom. The van der Waals surface area contributed by atoms with Crippen molar-refractivity contribution in [3.8, 4) is 0 Å². The van der Waals surface area contributed by atoms with Crippen LogP contribution in [0.4, 0.5) is 0 Å². The van der Waals surface area contributed by atoms with Gasteiger partial charge >= 0.3 is 0 Å². The molecule has 0 radical (unpaired) electrons. The van der Waals surface area contributed by atoms with Crippen molar-refractivity contribution in [2.24, 2.45) is 5.41 Å². The van der Waals surface area contributed by atoms with Crippen LogP contribution in [0.2, 0.25) is 0 Å². The second-order valence-corrected chi connectivity index (χ2v) is 6.87. The molecule has 1 aliphatic carbocycles. The number of nitrogens with zero attached hydrogens (tertiary/aromatic N) is 2. The minimum absolute atomic E-state index is 0.353. The largest absolute Gasteiger partial charge is 0.393 e. The van der Waals surface area contributed by atoms with Gasteiger partial charge in [0, 0.05) is 6.61 Å². The summed E-state index contributed by atoms with van der Waals surface area (Å²) in [6, 6.07) is 0.